The molecule has 1 amide bonds. The summed E-state index contributed by atoms with van der Waals surface area (Å²) < 4.78 is 1.35. The van der Waals surface area contributed by atoms with Gasteiger partial charge in [0.05, 0.1) is 6.54 Å². The molecule has 2 aromatic rings. The predicted octanol–water partition coefficient (Wildman–Crippen LogP) is 1.06. The highest BCUT2D eigenvalue weighted by molar-refractivity contribution is 5.82. The fourth-order valence-electron chi connectivity index (χ4n) is 2.80. The molecule has 27 heavy (non-hydrogen) atoms. The molecule has 4 N–H and O–H groups in total. The fraction of sp³-hybridized carbons (Fsp3) is 0.421. The van der Waals surface area contributed by atoms with Gasteiger partial charge in [0, 0.05) is 19.6 Å². The van der Waals surface area contributed by atoms with Crippen molar-refractivity contribution in [1.29, 1.82) is 0 Å². The summed E-state index contributed by atoms with van der Waals surface area (Å²) in [4.78, 5) is 40.6. The summed E-state index contributed by atoms with van der Waals surface area (Å²) in [5.74, 6) is -0.138. The van der Waals surface area contributed by atoms with Gasteiger partial charge in [-0.25, -0.2) is 4.79 Å². The number of aromatic nitrogens is 2. The molecule has 0 unspecified atom stereocenters. The van der Waals surface area contributed by atoms with Gasteiger partial charge in [0.2, 0.25) is 5.91 Å². The van der Waals surface area contributed by atoms with Crippen molar-refractivity contribution in [2.45, 2.75) is 39.8 Å². The number of carbonyl (C=O) groups is 1. The van der Waals surface area contributed by atoms with Crippen LogP contribution in [-0.2, 0) is 17.9 Å². The van der Waals surface area contributed by atoms with Gasteiger partial charge in [-0.2, -0.15) is 0 Å². The monoisotopic (exact) mass is 373 g/mol. The molecular weight excluding hydrogens is 346 g/mol. The van der Waals surface area contributed by atoms with Gasteiger partial charge in [0.25, 0.3) is 5.56 Å². The number of carbonyl (C=O) groups excluding carboxylic acids is 1. The van der Waals surface area contributed by atoms with Crippen LogP contribution in [0, 0.1) is 0 Å². The average Bonchev–Trinajstić information content (AvgIpc) is 2.66. The highest BCUT2D eigenvalue weighted by atomic mass is 16.2. The molecule has 1 aromatic heterocycles. The second-order valence-electron chi connectivity index (χ2n) is 6.27. The second kappa shape index (κ2) is 9.61. The Morgan fingerprint density at radius 2 is 1.93 bits per heavy atom. The van der Waals surface area contributed by atoms with Crippen molar-refractivity contribution in [3.63, 3.8) is 0 Å². The number of unbranched alkanes of at least 4 members (excludes halogenated alkanes) is 1. The molecule has 0 aliphatic carbocycles. The number of hydrogen-bond acceptors (Lipinski definition) is 5. The Labute approximate surface area is 158 Å². The molecule has 0 atom stereocenters. The first kappa shape index (κ1) is 20.3. The van der Waals surface area contributed by atoms with Crippen molar-refractivity contribution in [2.75, 3.05) is 23.7 Å². The maximum Gasteiger partial charge on any atom is 0.330 e. The quantitative estimate of drug-likeness (QED) is 0.608. The lowest BCUT2D eigenvalue weighted by Crippen LogP contribution is -2.42. The van der Waals surface area contributed by atoms with Crippen LogP contribution in [0.15, 0.2) is 39.9 Å². The molecule has 0 saturated carbocycles. The van der Waals surface area contributed by atoms with E-state index >= 15 is 0 Å². The van der Waals surface area contributed by atoms with E-state index in [2.05, 4.69) is 10.3 Å². The van der Waals surface area contributed by atoms with Gasteiger partial charge >= 0.3 is 5.69 Å². The Morgan fingerprint density at radius 3 is 2.56 bits per heavy atom. The standard InChI is InChI=1S/C19H27N5O3/c1-3-5-11-24-17(20)16(18(26)22-19(24)27)23(4-2)13-15(25)21-12-14-9-7-6-8-10-14/h6-10H,3-5,11-13,20H2,1-2H3,(H,21,25)(H,22,26,27). The minimum atomic E-state index is -0.581. The Kier molecular flexibility index (Phi) is 7.22. The highest BCUT2D eigenvalue weighted by Gasteiger charge is 2.19. The van der Waals surface area contributed by atoms with E-state index in [0.717, 1.165) is 18.4 Å². The number of benzene rings is 1. The van der Waals surface area contributed by atoms with Gasteiger partial charge in [-0.15, -0.1) is 0 Å². The van der Waals surface area contributed by atoms with E-state index in [-0.39, 0.29) is 24.0 Å². The first-order valence-electron chi connectivity index (χ1n) is 9.16. The molecular formula is C19H27N5O3. The number of nitrogens with zero attached hydrogens (tertiary/aromatic N) is 2. The molecule has 0 aliphatic heterocycles. The number of nitrogen functional groups attached to an aromatic ring is 1. The third-order valence-electron chi connectivity index (χ3n) is 4.31. The molecule has 0 aliphatic rings. The minimum absolute atomic E-state index is 0.0252. The van der Waals surface area contributed by atoms with Gasteiger partial charge in [0.15, 0.2) is 0 Å². The van der Waals surface area contributed by atoms with Crippen LogP contribution in [-0.4, -0.2) is 28.5 Å². The zero-order valence-electron chi connectivity index (χ0n) is 15.8. The topological polar surface area (TPSA) is 113 Å². The summed E-state index contributed by atoms with van der Waals surface area (Å²) in [5.41, 5.74) is 6.14. The lowest BCUT2D eigenvalue weighted by Gasteiger charge is -2.24. The van der Waals surface area contributed by atoms with Crippen molar-refractivity contribution in [3.8, 4) is 0 Å². The maximum absolute atomic E-state index is 12.3. The number of likely N-dealkylation sites (N-methyl/N-ethyl adjacent to an activating group) is 1. The summed E-state index contributed by atoms with van der Waals surface area (Å²) in [5, 5.41) is 2.83. The van der Waals surface area contributed by atoms with Crippen LogP contribution in [0.1, 0.15) is 32.3 Å². The zero-order valence-corrected chi connectivity index (χ0v) is 15.8. The Hall–Kier alpha value is -3.03. The molecule has 1 aromatic carbocycles. The van der Waals surface area contributed by atoms with Crippen LogP contribution in [0.5, 0.6) is 0 Å². The molecule has 0 spiro atoms. The molecule has 0 bridgehead atoms. The van der Waals surface area contributed by atoms with Crippen LogP contribution in [0.3, 0.4) is 0 Å². The predicted molar refractivity (Wildman–Crippen MR) is 107 cm³/mol. The molecule has 0 radical (unpaired) electrons. The third-order valence-corrected chi connectivity index (χ3v) is 4.31. The van der Waals surface area contributed by atoms with E-state index in [1.54, 1.807) is 4.90 Å². The normalized spacial score (nSPS) is 10.6. The maximum atomic E-state index is 12.3. The number of anilines is 2. The number of H-pyrrole nitrogens is 1. The smallest absolute Gasteiger partial charge is 0.330 e. The number of aromatic amines is 1. The average molecular weight is 373 g/mol. The van der Waals surface area contributed by atoms with Crippen LogP contribution in [0.2, 0.25) is 0 Å². The summed E-state index contributed by atoms with van der Waals surface area (Å²) in [6, 6.07) is 9.56. The number of hydrogen-bond donors (Lipinski definition) is 3. The van der Waals surface area contributed by atoms with E-state index < -0.39 is 11.2 Å². The highest BCUT2D eigenvalue weighted by Crippen LogP contribution is 2.16. The van der Waals surface area contributed by atoms with Crippen molar-refractivity contribution in [1.82, 2.24) is 14.9 Å². The van der Waals surface area contributed by atoms with Gasteiger partial charge in [-0.05, 0) is 18.9 Å². The number of rotatable bonds is 9. The zero-order chi connectivity index (χ0) is 19.8. The van der Waals surface area contributed by atoms with Crippen LogP contribution >= 0.6 is 0 Å². The van der Waals surface area contributed by atoms with E-state index in [1.807, 2.05) is 44.2 Å². The summed E-state index contributed by atoms with van der Waals surface area (Å²) in [6.45, 7) is 5.02. The molecule has 0 saturated heterocycles. The molecule has 0 fully saturated rings. The SMILES string of the molecule is CCCCn1c(N)c(N(CC)CC(=O)NCc2ccccc2)c(=O)[nH]c1=O. The Morgan fingerprint density at radius 1 is 1.22 bits per heavy atom. The van der Waals surface area contributed by atoms with E-state index in [9.17, 15) is 14.4 Å². The van der Waals surface area contributed by atoms with Gasteiger partial charge in [0.1, 0.15) is 11.5 Å². The van der Waals surface area contributed by atoms with Crippen molar-refractivity contribution in [2.24, 2.45) is 0 Å². The van der Waals surface area contributed by atoms with Gasteiger partial charge in [-0.1, -0.05) is 43.7 Å². The number of amides is 1. The first-order valence-corrected chi connectivity index (χ1v) is 9.16. The lowest BCUT2D eigenvalue weighted by atomic mass is 10.2. The van der Waals surface area contributed by atoms with Gasteiger partial charge < -0.3 is 16.0 Å². The summed E-state index contributed by atoms with van der Waals surface area (Å²) >= 11 is 0. The summed E-state index contributed by atoms with van der Waals surface area (Å²) in [6.07, 6.45) is 1.65. The van der Waals surface area contributed by atoms with Crippen molar-refractivity contribution >= 4 is 17.4 Å². The van der Waals surface area contributed by atoms with E-state index in [1.165, 1.54) is 4.57 Å². The van der Waals surface area contributed by atoms with Crippen LogP contribution in [0.25, 0.3) is 0 Å². The molecule has 1 heterocycles. The number of nitrogens with one attached hydrogen (secondary N) is 2. The minimum Gasteiger partial charge on any atom is -0.383 e. The van der Waals surface area contributed by atoms with Gasteiger partial charge in [-0.3, -0.25) is 19.1 Å². The largest absolute Gasteiger partial charge is 0.383 e. The van der Waals surface area contributed by atoms with E-state index in [0.29, 0.717) is 19.6 Å². The summed E-state index contributed by atoms with van der Waals surface area (Å²) in [7, 11) is 0. The number of nitrogens with two attached hydrogens (primary N) is 1. The molecule has 146 valence electrons. The van der Waals surface area contributed by atoms with E-state index in [4.69, 9.17) is 5.73 Å². The second-order valence-corrected chi connectivity index (χ2v) is 6.27. The molecule has 8 heteroatoms. The molecule has 2 rings (SSSR count). The Balaban J connectivity index is 2.17. The van der Waals surface area contributed by atoms with Crippen molar-refractivity contribution < 1.29 is 4.79 Å². The van der Waals surface area contributed by atoms with Crippen LogP contribution in [0.4, 0.5) is 11.5 Å². The Bertz CT molecular complexity index is 873. The first-order chi connectivity index (χ1) is 13.0. The third kappa shape index (κ3) is 5.22. The molecule has 8 nitrogen and oxygen atoms in total. The lowest BCUT2D eigenvalue weighted by molar-refractivity contribution is -0.119. The van der Waals surface area contributed by atoms with Crippen LogP contribution < -0.4 is 27.2 Å². The van der Waals surface area contributed by atoms with Crippen molar-refractivity contribution in [3.05, 3.63) is 56.7 Å². The fourth-order valence-corrected chi connectivity index (χ4v) is 2.80.